The highest BCUT2D eigenvalue weighted by Gasteiger charge is 2.31. The molecule has 1 unspecified atom stereocenters. The number of hydrogen-bond acceptors (Lipinski definition) is 3. The van der Waals surface area contributed by atoms with Gasteiger partial charge in [0.1, 0.15) is 0 Å². The summed E-state index contributed by atoms with van der Waals surface area (Å²) in [7, 11) is 0. The van der Waals surface area contributed by atoms with Gasteiger partial charge in [-0.1, -0.05) is 25.1 Å². The Balaban J connectivity index is 1.56. The van der Waals surface area contributed by atoms with Crippen LogP contribution in [-0.2, 0) is 0 Å². The zero-order valence-corrected chi connectivity index (χ0v) is 12.9. The zero-order valence-electron chi connectivity index (χ0n) is 12.9. The fraction of sp³-hybridized carbons (Fsp3) is 0.647. The van der Waals surface area contributed by atoms with E-state index in [1.807, 2.05) is 0 Å². The van der Waals surface area contributed by atoms with Crippen molar-refractivity contribution in [3.8, 4) is 0 Å². The lowest BCUT2D eigenvalue weighted by molar-refractivity contribution is 0.169. The number of benzene rings is 1. The predicted octanol–water partition coefficient (Wildman–Crippen LogP) is 2.12. The molecule has 2 aliphatic rings. The monoisotopic (exact) mass is 273 g/mol. The number of para-hydroxylation sites is 1. The van der Waals surface area contributed by atoms with Gasteiger partial charge in [-0.25, -0.2) is 0 Å². The third kappa shape index (κ3) is 2.99. The van der Waals surface area contributed by atoms with Crippen LogP contribution in [0.4, 0.5) is 5.69 Å². The third-order valence-electron chi connectivity index (χ3n) is 4.89. The molecule has 2 heterocycles. The summed E-state index contributed by atoms with van der Waals surface area (Å²) in [6.07, 6.45) is 1.32. The van der Waals surface area contributed by atoms with E-state index >= 15 is 0 Å². The van der Waals surface area contributed by atoms with Crippen LogP contribution in [0.25, 0.3) is 0 Å². The zero-order chi connectivity index (χ0) is 14.0. The van der Waals surface area contributed by atoms with Gasteiger partial charge in [-0.15, -0.1) is 0 Å². The Kier molecular flexibility index (Phi) is 3.99. The number of piperazine rings is 1. The van der Waals surface area contributed by atoms with Crippen LogP contribution in [0.2, 0.25) is 0 Å². The summed E-state index contributed by atoms with van der Waals surface area (Å²) < 4.78 is 0. The molecule has 3 heteroatoms. The first kappa shape index (κ1) is 13.9. The summed E-state index contributed by atoms with van der Waals surface area (Å²) in [6, 6.07) is 8.75. The van der Waals surface area contributed by atoms with E-state index < -0.39 is 0 Å². The summed E-state index contributed by atoms with van der Waals surface area (Å²) in [5.41, 5.74) is 3.30. The molecule has 2 fully saturated rings. The van der Waals surface area contributed by atoms with Gasteiger partial charge in [0.2, 0.25) is 0 Å². The van der Waals surface area contributed by atoms with Gasteiger partial charge in [-0.05, 0) is 36.9 Å². The maximum absolute atomic E-state index is 3.51. The van der Waals surface area contributed by atoms with Gasteiger partial charge >= 0.3 is 0 Å². The fourth-order valence-electron chi connectivity index (χ4n) is 3.61. The van der Waals surface area contributed by atoms with Gasteiger partial charge in [0.25, 0.3) is 0 Å². The second kappa shape index (κ2) is 5.74. The summed E-state index contributed by atoms with van der Waals surface area (Å²) in [5.74, 6) is 0. The molecule has 2 aliphatic heterocycles. The van der Waals surface area contributed by atoms with E-state index in [0.29, 0.717) is 5.41 Å². The minimum absolute atomic E-state index is 0.491. The molecule has 2 saturated heterocycles. The van der Waals surface area contributed by atoms with E-state index in [1.54, 1.807) is 0 Å². The highest BCUT2D eigenvalue weighted by Crippen LogP contribution is 2.27. The van der Waals surface area contributed by atoms with Crippen molar-refractivity contribution in [2.45, 2.75) is 20.3 Å². The molecule has 0 saturated carbocycles. The number of hydrogen-bond donors (Lipinski definition) is 1. The maximum atomic E-state index is 3.51. The molecule has 3 nitrogen and oxygen atoms in total. The molecule has 1 atom stereocenters. The van der Waals surface area contributed by atoms with Crippen LogP contribution >= 0.6 is 0 Å². The van der Waals surface area contributed by atoms with Crippen LogP contribution < -0.4 is 10.2 Å². The number of nitrogens with zero attached hydrogens (tertiary/aromatic N) is 2. The summed E-state index contributed by atoms with van der Waals surface area (Å²) in [4.78, 5) is 5.20. The van der Waals surface area contributed by atoms with Crippen molar-refractivity contribution in [2.75, 3.05) is 50.7 Å². The van der Waals surface area contributed by atoms with Crippen LogP contribution in [-0.4, -0.2) is 50.7 Å². The SMILES string of the molecule is Cc1ccccc1N1CCN(CC2(C)CCNC2)CC1. The lowest BCUT2D eigenvalue weighted by Gasteiger charge is -2.40. The van der Waals surface area contributed by atoms with Crippen molar-refractivity contribution in [2.24, 2.45) is 5.41 Å². The Morgan fingerprint density at radius 2 is 1.90 bits per heavy atom. The van der Waals surface area contributed by atoms with Gasteiger partial charge in [-0.2, -0.15) is 0 Å². The molecule has 0 spiro atoms. The first-order valence-electron chi connectivity index (χ1n) is 7.90. The Labute approximate surface area is 123 Å². The fourth-order valence-corrected chi connectivity index (χ4v) is 3.61. The molecule has 0 bridgehead atoms. The highest BCUT2D eigenvalue weighted by atomic mass is 15.3. The third-order valence-corrected chi connectivity index (χ3v) is 4.89. The van der Waals surface area contributed by atoms with Crippen molar-refractivity contribution in [3.63, 3.8) is 0 Å². The van der Waals surface area contributed by atoms with Crippen molar-refractivity contribution < 1.29 is 0 Å². The number of rotatable bonds is 3. The second-order valence-corrected chi connectivity index (χ2v) is 6.79. The van der Waals surface area contributed by atoms with Gasteiger partial charge < -0.3 is 10.2 Å². The number of nitrogens with one attached hydrogen (secondary N) is 1. The predicted molar refractivity (Wildman–Crippen MR) is 85.4 cm³/mol. The van der Waals surface area contributed by atoms with Gasteiger partial charge in [0, 0.05) is 45.0 Å². The van der Waals surface area contributed by atoms with Crippen molar-refractivity contribution in [1.29, 1.82) is 0 Å². The molecule has 1 N–H and O–H groups in total. The van der Waals surface area contributed by atoms with Gasteiger partial charge in [0.05, 0.1) is 0 Å². The molecular weight excluding hydrogens is 246 g/mol. The molecular formula is C17H27N3. The minimum atomic E-state index is 0.491. The summed E-state index contributed by atoms with van der Waals surface area (Å²) in [5, 5.41) is 3.51. The Bertz CT molecular complexity index is 443. The molecule has 3 rings (SSSR count). The molecule has 0 aliphatic carbocycles. The van der Waals surface area contributed by atoms with E-state index in [-0.39, 0.29) is 0 Å². The maximum Gasteiger partial charge on any atom is 0.0396 e. The first-order valence-corrected chi connectivity index (χ1v) is 7.90. The van der Waals surface area contributed by atoms with E-state index in [4.69, 9.17) is 0 Å². The summed E-state index contributed by atoms with van der Waals surface area (Å²) in [6.45, 7) is 13.0. The molecule has 0 amide bonds. The van der Waals surface area contributed by atoms with E-state index in [9.17, 15) is 0 Å². The average Bonchev–Trinajstić information content (AvgIpc) is 2.87. The molecule has 1 aromatic rings. The van der Waals surface area contributed by atoms with E-state index in [1.165, 1.54) is 50.4 Å². The van der Waals surface area contributed by atoms with Crippen LogP contribution in [0.3, 0.4) is 0 Å². The second-order valence-electron chi connectivity index (χ2n) is 6.79. The van der Waals surface area contributed by atoms with Crippen LogP contribution in [0, 0.1) is 12.3 Å². The molecule has 110 valence electrons. The van der Waals surface area contributed by atoms with Gasteiger partial charge in [0.15, 0.2) is 0 Å². The molecule has 20 heavy (non-hydrogen) atoms. The number of aryl methyl sites for hydroxylation is 1. The van der Waals surface area contributed by atoms with E-state index in [2.05, 4.69) is 53.2 Å². The normalized spacial score (nSPS) is 28.0. The minimum Gasteiger partial charge on any atom is -0.369 e. The Morgan fingerprint density at radius 3 is 2.55 bits per heavy atom. The topological polar surface area (TPSA) is 18.5 Å². The van der Waals surface area contributed by atoms with E-state index in [0.717, 1.165) is 13.1 Å². The smallest absolute Gasteiger partial charge is 0.0396 e. The van der Waals surface area contributed by atoms with Crippen LogP contribution in [0.5, 0.6) is 0 Å². The van der Waals surface area contributed by atoms with Gasteiger partial charge in [-0.3, -0.25) is 4.90 Å². The standard InChI is InChI=1S/C17H27N3/c1-15-5-3-4-6-16(15)20-11-9-19(10-12-20)14-17(2)7-8-18-13-17/h3-6,18H,7-14H2,1-2H3. The Hall–Kier alpha value is -1.06. The first-order chi connectivity index (χ1) is 9.66. The highest BCUT2D eigenvalue weighted by molar-refractivity contribution is 5.53. The lowest BCUT2D eigenvalue weighted by atomic mass is 9.89. The number of anilines is 1. The average molecular weight is 273 g/mol. The Morgan fingerprint density at radius 1 is 1.15 bits per heavy atom. The molecule has 1 aromatic carbocycles. The molecule has 0 aromatic heterocycles. The largest absolute Gasteiger partial charge is 0.369 e. The molecule has 0 radical (unpaired) electrons. The van der Waals surface area contributed by atoms with Crippen molar-refractivity contribution >= 4 is 5.69 Å². The van der Waals surface area contributed by atoms with Crippen molar-refractivity contribution in [1.82, 2.24) is 10.2 Å². The quantitative estimate of drug-likeness (QED) is 0.910. The summed E-state index contributed by atoms with van der Waals surface area (Å²) >= 11 is 0. The van der Waals surface area contributed by atoms with Crippen LogP contribution in [0.1, 0.15) is 18.9 Å². The van der Waals surface area contributed by atoms with Crippen molar-refractivity contribution in [3.05, 3.63) is 29.8 Å². The lowest BCUT2D eigenvalue weighted by Crippen LogP contribution is -2.50. The van der Waals surface area contributed by atoms with Crippen LogP contribution in [0.15, 0.2) is 24.3 Å².